The van der Waals surface area contributed by atoms with E-state index < -0.39 is 12.5 Å². The summed E-state index contributed by atoms with van der Waals surface area (Å²) in [4.78, 5) is 2.95. The lowest BCUT2D eigenvalue weighted by molar-refractivity contribution is 0.116. The highest BCUT2D eigenvalue weighted by Crippen LogP contribution is 2.21. The van der Waals surface area contributed by atoms with Gasteiger partial charge in [0.05, 0.1) is 6.04 Å². The normalized spacial score (nSPS) is 13.7. The first kappa shape index (κ1) is 9.15. The molecule has 4 heteroatoms. The van der Waals surface area contributed by atoms with Crippen LogP contribution in [0.4, 0.5) is 8.78 Å². The third kappa shape index (κ3) is 1.48. The van der Waals surface area contributed by atoms with Crippen LogP contribution in [-0.4, -0.2) is 11.4 Å². The van der Waals surface area contributed by atoms with Gasteiger partial charge in [0, 0.05) is 11.7 Å². The molecule has 0 aliphatic rings. The van der Waals surface area contributed by atoms with Crippen LogP contribution < -0.4 is 5.73 Å². The first-order valence-corrected chi connectivity index (χ1v) is 4.29. The predicted molar refractivity (Wildman–Crippen MR) is 51.2 cm³/mol. The minimum absolute atomic E-state index is 0.454. The standard InChI is InChI=1S/C10H10F2N2/c11-10(12)9(13)7-2-1-6-3-4-14-8(6)5-7/h1-5,9-10,14H,13H2/t9-/m0/s1. The molecule has 0 spiro atoms. The second-order valence-corrected chi connectivity index (χ2v) is 3.18. The van der Waals surface area contributed by atoms with Crippen LogP contribution in [0.2, 0.25) is 0 Å². The molecule has 1 heterocycles. The maximum atomic E-state index is 12.3. The molecule has 1 aromatic carbocycles. The van der Waals surface area contributed by atoms with Crippen LogP contribution in [0.5, 0.6) is 0 Å². The zero-order valence-corrected chi connectivity index (χ0v) is 7.37. The van der Waals surface area contributed by atoms with E-state index in [9.17, 15) is 8.78 Å². The molecule has 2 nitrogen and oxygen atoms in total. The minimum atomic E-state index is -2.53. The molecular formula is C10H10F2N2. The van der Waals surface area contributed by atoms with Crippen molar-refractivity contribution in [3.8, 4) is 0 Å². The number of fused-ring (bicyclic) bond motifs is 1. The molecule has 0 amide bonds. The van der Waals surface area contributed by atoms with Crippen LogP contribution in [0.15, 0.2) is 30.5 Å². The van der Waals surface area contributed by atoms with Crippen molar-refractivity contribution in [2.75, 3.05) is 0 Å². The Morgan fingerprint density at radius 1 is 1.21 bits per heavy atom. The van der Waals surface area contributed by atoms with Crippen LogP contribution in [0.3, 0.4) is 0 Å². The van der Waals surface area contributed by atoms with Gasteiger partial charge in [-0.15, -0.1) is 0 Å². The highest BCUT2D eigenvalue weighted by molar-refractivity contribution is 5.79. The van der Waals surface area contributed by atoms with Gasteiger partial charge in [0.2, 0.25) is 0 Å². The first-order chi connectivity index (χ1) is 6.68. The van der Waals surface area contributed by atoms with Crippen LogP contribution in [-0.2, 0) is 0 Å². The molecule has 2 rings (SSSR count). The minimum Gasteiger partial charge on any atom is -0.361 e. The average molecular weight is 196 g/mol. The fourth-order valence-electron chi connectivity index (χ4n) is 1.42. The molecule has 1 aromatic heterocycles. The number of H-pyrrole nitrogens is 1. The van der Waals surface area contributed by atoms with Crippen molar-refractivity contribution >= 4 is 10.9 Å². The third-order valence-corrected chi connectivity index (χ3v) is 2.24. The topological polar surface area (TPSA) is 41.8 Å². The number of alkyl halides is 2. The summed E-state index contributed by atoms with van der Waals surface area (Å²) in [5, 5.41) is 0.996. The van der Waals surface area contributed by atoms with Crippen molar-refractivity contribution in [2.24, 2.45) is 5.73 Å². The molecule has 0 fully saturated rings. The SMILES string of the molecule is N[C@@H](c1ccc2cc[nH]c2c1)C(F)F. The summed E-state index contributed by atoms with van der Waals surface area (Å²) in [6.45, 7) is 0. The summed E-state index contributed by atoms with van der Waals surface area (Å²) < 4.78 is 24.6. The van der Waals surface area contributed by atoms with Gasteiger partial charge in [0.25, 0.3) is 6.43 Å². The Hall–Kier alpha value is -1.42. The van der Waals surface area contributed by atoms with Crippen molar-refractivity contribution in [3.63, 3.8) is 0 Å². The van der Waals surface area contributed by atoms with Gasteiger partial charge < -0.3 is 10.7 Å². The fraction of sp³-hybridized carbons (Fsp3) is 0.200. The molecule has 0 unspecified atom stereocenters. The van der Waals surface area contributed by atoms with E-state index in [-0.39, 0.29) is 0 Å². The van der Waals surface area contributed by atoms with E-state index in [1.165, 1.54) is 0 Å². The second kappa shape index (κ2) is 3.38. The number of aromatic amines is 1. The summed E-state index contributed by atoms with van der Waals surface area (Å²) in [6, 6.07) is 5.75. The van der Waals surface area contributed by atoms with Crippen LogP contribution in [0, 0.1) is 0 Å². The second-order valence-electron chi connectivity index (χ2n) is 3.18. The summed E-state index contributed by atoms with van der Waals surface area (Å²) in [7, 11) is 0. The zero-order valence-electron chi connectivity index (χ0n) is 7.37. The van der Waals surface area contributed by atoms with Crippen molar-refractivity contribution in [3.05, 3.63) is 36.0 Å². The summed E-state index contributed by atoms with van der Waals surface area (Å²) in [6.07, 6.45) is -0.759. The summed E-state index contributed by atoms with van der Waals surface area (Å²) in [5.74, 6) is 0. The highest BCUT2D eigenvalue weighted by Gasteiger charge is 2.17. The van der Waals surface area contributed by atoms with E-state index in [1.807, 2.05) is 6.07 Å². The Kier molecular flexibility index (Phi) is 2.21. The summed E-state index contributed by atoms with van der Waals surface area (Å²) in [5.41, 5.74) is 6.62. The Morgan fingerprint density at radius 2 is 2.00 bits per heavy atom. The van der Waals surface area contributed by atoms with Gasteiger partial charge >= 0.3 is 0 Å². The molecular weight excluding hydrogens is 186 g/mol. The molecule has 14 heavy (non-hydrogen) atoms. The Bertz CT molecular complexity index is 436. The van der Waals surface area contributed by atoms with E-state index in [1.54, 1.807) is 24.4 Å². The predicted octanol–water partition coefficient (Wildman–Crippen LogP) is 2.43. The quantitative estimate of drug-likeness (QED) is 0.761. The maximum Gasteiger partial charge on any atom is 0.257 e. The van der Waals surface area contributed by atoms with E-state index >= 15 is 0 Å². The molecule has 0 aliphatic heterocycles. The number of nitrogens with two attached hydrogens (primary N) is 1. The van der Waals surface area contributed by atoms with E-state index in [2.05, 4.69) is 4.98 Å². The molecule has 74 valence electrons. The maximum absolute atomic E-state index is 12.3. The lowest BCUT2D eigenvalue weighted by Gasteiger charge is -2.10. The van der Waals surface area contributed by atoms with Gasteiger partial charge in [-0.3, -0.25) is 0 Å². The van der Waals surface area contributed by atoms with Crippen LogP contribution in [0.1, 0.15) is 11.6 Å². The smallest absolute Gasteiger partial charge is 0.257 e. The number of rotatable bonds is 2. The van der Waals surface area contributed by atoms with Crippen LogP contribution in [0.25, 0.3) is 10.9 Å². The molecule has 2 aromatic rings. The van der Waals surface area contributed by atoms with Gasteiger partial charge in [-0.05, 0) is 23.1 Å². The molecule has 0 radical (unpaired) electrons. The summed E-state index contributed by atoms with van der Waals surface area (Å²) >= 11 is 0. The highest BCUT2D eigenvalue weighted by atomic mass is 19.3. The number of hydrogen-bond donors (Lipinski definition) is 2. The average Bonchev–Trinajstić information content (AvgIpc) is 2.62. The van der Waals surface area contributed by atoms with Crippen LogP contribution >= 0.6 is 0 Å². The number of benzene rings is 1. The monoisotopic (exact) mass is 196 g/mol. The van der Waals surface area contributed by atoms with Gasteiger partial charge in [-0.1, -0.05) is 12.1 Å². The van der Waals surface area contributed by atoms with Gasteiger partial charge in [-0.25, -0.2) is 8.78 Å². The fourth-order valence-corrected chi connectivity index (χ4v) is 1.42. The van der Waals surface area contributed by atoms with E-state index in [0.29, 0.717) is 5.56 Å². The number of aromatic nitrogens is 1. The lowest BCUT2D eigenvalue weighted by Crippen LogP contribution is -2.18. The molecule has 0 bridgehead atoms. The van der Waals surface area contributed by atoms with Gasteiger partial charge in [0.15, 0.2) is 0 Å². The molecule has 0 saturated carbocycles. The van der Waals surface area contributed by atoms with Gasteiger partial charge in [-0.2, -0.15) is 0 Å². The van der Waals surface area contributed by atoms with Crippen molar-refractivity contribution in [1.29, 1.82) is 0 Å². The molecule has 0 saturated heterocycles. The van der Waals surface area contributed by atoms with E-state index in [4.69, 9.17) is 5.73 Å². The molecule has 0 aliphatic carbocycles. The Morgan fingerprint density at radius 3 is 2.71 bits per heavy atom. The number of nitrogens with one attached hydrogen (secondary N) is 1. The van der Waals surface area contributed by atoms with E-state index in [0.717, 1.165) is 10.9 Å². The Balaban J connectivity index is 2.43. The third-order valence-electron chi connectivity index (χ3n) is 2.24. The number of hydrogen-bond acceptors (Lipinski definition) is 1. The largest absolute Gasteiger partial charge is 0.361 e. The van der Waals surface area contributed by atoms with Gasteiger partial charge in [0.1, 0.15) is 0 Å². The number of halogens is 2. The Labute approximate surface area is 79.7 Å². The molecule has 3 N–H and O–H groups in total. The lowest BCUT2D eigenvalue weighted by atomic mass is 10.1. The first-order valence-electron chi connectivity index (χ1n) is 4.29. The van der Waals surface area contributed by atoms with Crippen molar-refractivity contribution in [2.45, 2.75) is 12.5 Å². The van der Waals surface area contributed by atoms with Crippen molar-refractivity contribution < 1.29 is 8.78 Å². The zero-order chi connectivity index (χ0) is 10.1. The van der Waals surface area contributed by atoms with Crippen molar-refractivity contribution in [1.82, 2.24) is 4.98 Å². The molecule has 1 atom stereocenters.